The van der Waals surface area contributed by atoms with Gasteiger partial charge in [-0.1, -0.05) is 41.5 Å². The first-order valence-corrected chi connectivity index (χ1v) is 12.8. The third kappa shape index (κ3) is 7.26. The van der Waals surface area contributed by atoms with Crippen molar-refractivity contribution in [3.05, 3.63) is 88.3 Å². The zero-order valence-corrected chi connectivity index (χ0v) is 22.5. The number of carbonyl (C=O) groups is 4. The molecular formula is C29H27N3O6S. The molecule has 1 aliphatic rings. The molecule has 9 nitrogen and oxygen atoms in total. The number of rotatable bonds is 9. The molecule has 0 bridgehead atoms. The zero-order chi connectivity index (χ0) is 27.9. The van der Waals surface area contributed by atoms with E-state index in [-0.39, 0.29) is 17.4 Å². The number of nitrogens with one attached hydrogen (secondary N) is 2. The minimum Gasteiger partial charge on any atom is -0.493 e. The van der Waals surface area contributed by atoms with Gasteiger partial charge < -0.3 is 20.1 Å². The number of anilines is 2. The summed E-state index contributed by atoms with van der Waals surface area (Å²) in [5, 5.41) is 4.91. The van der Waals surface area contributed by atoms with Crippen LogP contribution >= 0.6 is 11.8 Å². The molecule has 0 saturated carbocycles. The standard InChI is InChI=1S/C29H27N3O6S/c1-18-4-9-21(10-5-18)30-26(33)16-32-28(35)25(39-29(32)36)15-20-8-13-23(24(14-20)37-3)38-17-27(34)31-22-11-6-19(2)7-12-22/h4-15H,16-17H2,1-3H3,(H,30,33)(H,31,34)/b25-15+. The van der Waals surface area contributed by atoms with Crippen LogP contribution in [0.15, 0.2) is 71.6 Å². The maximum atomic E-state index is 12.9. The predicted octanol–water partition coefficient (Wildman–Crippen LogP) is 5.00. The van der Waals surface area contributed by atoms with Gasteiger partial charge in [0.15, 0.2) is 18.1 Å². The maximum absolute atomic E-state index is 12.9. The maximum Gasteiger partial charge on any atom is 0.294 e. The summed E-state index contributed by atoms with van der Waals surface area (Å²) in [5.74, 6) is -0.670. The molecular weight excluding hydrogens is 518 g/mol. The van der Waals surface area contributed by atoms with E-state index in [1.165, 1.54) is 7.11 Å². The summed E-state index contributed by atoms with van der Waals surface area (Å²) in [6, 6.07) is 19.5. The molecule has 39 heavy (non-hydrogen) atoms. The monoisotopic (exact) mass is 545 g/mol. The summed E-state index contributed by atoms with van der Waals surface area (Å²) in [7, 11) is 1.46. The van der Waals surface area contributed by atoms with Gasteiger partial charge in [0.25, 0.3) is 17.1 Å². The fourth-order valence-corrected chi connectivity index (χ4v) is 4.48. The number of thioether (sulfide) groups is 1. The number of benzene rings is 3. The molecule has 0 aliphatic carbocycles. The molecule has 4 rings (SSSR count). The predicted molar refractivity (Wildman–Crippen MR) is 151 cm³/mol. The SMILES string of the molecule is COc1cc(/C=C2/SC(=O)N(CC(=O)Nc3ccc(C)cc3)C2=O)ccc1OCC(=O)Nc1ccc(C)cc1. The van der Waals surface area contributed by atoms with Crippen LogP contribution in [0.3, 0.4) is 0 Å². The van der Waals surface area contributed by atoms with Gasteiger partial charge in [-0.05, 0) is 73.6 Å². The van der Waals surface area contributed by atoms with E-state index in [0.29, 0.717) is 28.4 Å². The average Bonchev–Trinajstić information content (AvgIpc) is 3.17. The van der Waals surface area contributed by atoms with E-state index in [2.05, 4.69) is 10.6 Å². The summed E-state index contributed by atoms with van der Waals surface area (Å²) < 4.78 is 11.0. The van der Waals surface area contributed by atoms with Crippen LogP contribution in [-0.2, 0) is 14.4 Å². The Morgan fingerprint density at radius 3 is 2.03 bits per heavy atom. The van der Waals surface area contributed by atoms with Crippen molar-refractivity contribution in [3.63, 3.8) is 0 Å². The molecule has 0 radical (unpaired) electrons. The van der Waals surface area contributed by atoms with Gasteiger partial charge in [-0.3, -0.25) is 24.1 Å². The highest BCUT2D eigenvalue weighted by molar-refractivity contribution is 8.18. The highest BCUT2D eigenvalue weighted by Gasteiger charge is 2.36. The lowest BCUT2D eigenvalue weighted by Gasteiger charge is -2.13. The van der Waals surface area contributed by atoms with Crippen LogP contribution in [0.25, 0.3) is 6.08 Å². The van der Waals surface area contributed by atoms with Gasteiger partial charge in [-0.15, -0.1) is 0 Å². The van der Waals surface area contributed by atoms with E-state index < -0.39 is 23.6 Å². The second-order valence-corrected chi connectivity index (χ2v) is 9.79. The number of hydrogen-bond donors (Lipinski definition) is 2. The Labute approximate surface area is 230 Å². The molecule has 0 atom stereocenters. The minimum absolute atomic E-state index is 0.177. The molecule has 2 N–H and O–H groups in total. The van der Waals surface area contributed by atoms with Crippen LogP contribution in [0.5, 0.6) is 11.5 Å². The molecule has 200 valence electrons. The Morgan fingerprint density at radius 1 is 0.846 bits per heavy atom. The summed E-state index contributed by atoms with van der Waals surface area (Å²) in [6.07, 6.45) is 1.54. The van der Waals surface area contributed by atoms with Crippen LogP contribution in [-0.4, -0.2) is 48.1 Å². The zero-order valence-electron chi connectivity index (χ0n) is 21.6. The number of carbonyl (C=O) groups excluding carboxylic acids is 4. The molecule has 1 saturated heterocycles. The van der Waals surface area contributed by atoms with Crippen molar-refractivity contribution in [1.82, 2.24) is 4.90 Å². The smallest absolute Gasteiger partial charge is 0.294 e. The van der Waals surface area contributed by atoms with E-state index >= 15 is 0 Å². The normalized spacial score (nSPS) is 13.9. The first kappa shape index (κ1) is 27.5. The van der Waals surface area contributed by atoms with Crippen LogP contribution in [0.1, 0.15) is 16.7 Å². The minimum atomic E-state index is -0.559. The average molecular weight is 546 g/mol. The van der Waals surface area contributed by atoms with Crippen LogP contribution < -0.4 is 20.1 Å². The van der Waals surface area contributed by atoms with Crippen molar-refractivity contribution in [3.8, 4) is 11.5 Å². The topological polar surface area (TPSA) is 114 Å². The number of hydrogen-bond acceptors (Lipinski definition) is 7. The summed E-state index contributed by atoms with van der Waals surface area (Å²) in [6.45, 7) is 3.27. The van der Waals surface area contributed by atoms with Crippen LogP contribution in [0.4, 0.5) is 16.2 Å². The lowest BCUT2D eigenvalue weighted by molar-refractivity contribution is -0.127. The molecule has 1 aliphatic heterocycles. The fraction of sp³-hybridized carbons (Fsp3) is 0.172. The van der Waals surface area contributed by atoms with Crippen molar-refractivity contribution in [2.75, 3.05) is 30.9 Å². The lowest BCUT2D eigenvalue weighted by atomic mass is 10.2. The Kier molecular flexibility index (Phi) is 8.67. The Bertz CT molecular complexity index is 1430. The molecule has 0 spiro atoms. The molecule has 0 aromatic heterocycles. The van der Waals surface area contributed by atoms with Gasteiger partial charge in [0, 0.05) is 11.4 Å². The first-order valence-electron chi connectivity index (χ1n) is 12.0. The molecule has 4 amide bonds. The van der Waals surface area contributed by atoms with Crippen LogP contribution in [0.2, 0.25) is 0 Å². The van der Waals surface area contributed by atoms with Crippen molar-refractivity contribution in [1.29, 1.82) is 0 Å². The van der Waals surface area contributed by atoms with Crippen LogP contribution in [0, 0.1) is 13.8 Å². The van der Waals surface area contributed by atoms with Gasteiger partial charge in [0.2, 0.25) is 5.91 Å². The second-order valence-electron chi connectivity index (χ2n) is 8.80. The van der Waals surface area contributed by atoms with E-state index in [0.717, 1.165) is 27.8 Å². The summed E-state index contributed by atoms with van der Waals surface area (Å²) in [5.41, 5.74) is 3.96. The Balaban J connectivity index is 1.37. The molecule has 1 fully saturated rings. The number of nitrogens with zero attached hydrogens (tertiary/aromatic N) is 1. The lowest BCUT2D eigenvalue weighted by Crippen LogP contribution is -2.36. The fourth-order valence-electron chi connectivity index (χ4n) is 3.64. The van der Waals surface area contributed by atoms with Gasteiger partial charge in [0.05, 0.1) is 12.0 Å². The molecule has 1 heterocycles. The third-order valence-electron chi connectivity index (χ3n) is 5.69. The van der Waals surface area contributed by atoms with E-state index in [9.17, 15) is 19.2 Å². The van der Waals surface area contributed by atoms with Gasteiger partial charge in [-0.2, -0.15) is 0 Å². The Morgan fingerprint density at radius 2 is 1.44 bits per heavy atom. The highest BCUT2D eigenvalue weighted by atomic mass is 32.2. The first-order chi connectivity index (χ1) is 18.7. The van der Waals surface area contributed by atoms with Crippen molar-refractivity contribution < 1.29 is 28.7 Å². The number of aryl methyl sites for hydroxylation is 2. The molecule has 10 heteroatoms. The van der Waals surface area contributed by atoms with Gasteiger partial charge in [0.1, 0.15) is 6.54 Å². The van der Waals surface area contributed by atoms with E-state index in [1.54, 1.807) is 48.5 Å². The summed E-state index contributed by atoms with van der Waals surface area (Å²) in [4.78, 5) is 51.1. The molecule has 0 unspecified atom stereocenters. The van der Waals surface area contributed by atoms with E-state index in [4.69, 9.17) is 9.47 Å². The second kappa shape index (κ2) is 12.3. The summed E-state index contributed by atoms with van der Waals surface area (Å²) >= 11 is 0.754. The largest absolute Gasteiger partial charge is 0.493 e. The number of ether oxygens (including phenoxy) is 2. The van der Waals surface area contributed by atoms with Gasteiger partial charge >= 0.3 is 0 Å². The third-order valence-corrected chi connectivity index (χ3v) is 6.60. The molecule has 3 aromatic rings. The van der Waals surface area contributed by atoms with Gasteiger partial charge in [-0.25, -0.2) is 0 Å². The highest BCUT2D eigenvalue weighted by Crippen LogP contribution is 2.34. The Hall–Kier alpha value is -4.57. The van der Waals surface area contributed by atoms with Crippen molar-refractivity contribution >= 4 is 52.2 Å². The number of amides is 4. The quantitative estimate of drug-likeness (QED) is 0.364. The number of methoxy groups -OCH3 is 1. The van der Waals surface area contributed by atoms with Crippen molar-refractivity contribution in [2.45, 2.75) is 13.8 Å². The number of imide groups is 1. The van der Waals surface area contributed by atoms with E-state index in [1.807, 2.05) is 38.1 Å². The molecule has 3 aromatic carbocycles. The van der Waals surface area contributed by atoms with Crippen molar-refractivity contribution in [2.24, 2.45) is 0 Å².